The summed E-state index contributed by atoms with van der Waals surface area (Å²) in [5.41, 5.74) is 0.470. The fraction of sp³-hybridized carbons (Fsp3) is 0.300. The zero-order chi connectivity index (χ0) is 17.2. The first-order valence-electron chi connectivity index (χ1n) is 8.09. The van der Waals surface area contributed by atoms with Crippen LogP contribution in [0.1, 0.15) is 30.6 Å². The molecule has 1 heterocycles. The van der Waals surface area contributed by atoms with Crippen molar-refractivity contribution < 1.29 is 9.59 Å². The number of hydrogen-bond acceptors (Lipinski definition) is 3. The molecule has 1 saturated heterocycles. The van der Waals surface area contributed by atoms with Gasteiger partial charge in [0.25, 0.3) is 5.91 Å². The highest BCUT2D eigenvalue weighted by molar-refractivity contribution is 8.00. The second-order valence-electron chi connectivity index (χ2n) is 6.88. The van der Waals surface area contributed by atoms with E-state index in [9.17, 15) is 9.59 Å². The summed E-state index contributed by atoms with van der Waals surface area (Å²) in [6.07, 6.45) is 0.768. The Morgan fingerprint density at radius 2 is 1.62 bits per heavy atom. The molecule has 0 N–H and O–H groups in total. The van der Waals surface area contributed by atoms with Crippen molar-refractivity contribution in [3.8, 4) is 0 Å². The number of imide groups is 1. The molecule has 0 saturated carbocycles. The zero-order valence-electron chi connectivity index (χ0n) is 13.9. The highest BCUT2D eigenvalue weighted by Gasteiger charge is 2.42. The lowest BCUT2D eigenvalue weighted by atomic mass is 9.83. The van der Waals surface area contributed by atoms with Crippen molar-refractivity contribution in [1.82, 2.24) is 4.90 Å². The molecule has 3 nitrogen and oxygen atoms in total. The third-order valence-corrected chi connectivity index (χ3v) is 5.35. The van der Waals surface area contributed by atoms with E-state index >= 15 is 0 Å². The van der Waals surface area contributed by atoms with Crippen LogP contribution in [0.4, 0.5) is 0 Å². The first kappa shape index (κ1) is 16.8. The van der Waals surface area contributed by atoms with Gasteiger partial charge < -0.3 is 0 Å². The van der Waals surface area contributed by atoms with Gasteiger partial charge in [0.2, 0.25) is 5.91 Å². The summed E-state index contributed by atoms with van der Waals surface area (Å²) in [6, 6.07) is 18.9. The Morgan fingerprint density at radius 1 is 1.04 bits per heavy atom. The lowest BCUT2D eigenvalue weighted by molar-refractivity contribution is -0.132. The molecule has 0 aliphatic carbocycles. The molecule has 124 valence electrons. The van der Waals surface area contributed by atoms with E-state index in [1.807, 2.05) is 48.5 Å². The van der Waals surface area contributed by atoms with Crippen LogP contribution in [0.15, 0.2) is 65.6 Å². The molecule has 1 aliphatic heterocycles. The Balaban J connectivity index is 1.84. The number of amides is 2. The van der Waals surface area contributed by atoms with E-state index in [2.05, 4.69) is 13.8 Å². The molecule has 2 amide bonds. The van der Waals surface area contributed by atoms with Crippen molar-refractivity contribution in [2.24, 2.45) is 5.41 Å². The van der Waals surface area contributed by atoms with Crippen molar-refractivity contribution >= 4 is 23.6 Å². The largest absolute Gasteiger partial charge is 0.277 e. The smallest absolute Gasteiger partial charge is 0.260 e. The molecule has 1 unspecified atom stereocenters. The number of rotatable bonds is 3. The van der Waals surface area contributed by atoms with Gasteiger partial charge in [-0.15, -0.1) is 11.8 Å². The highest BCUT2D eigenvalue weighted by atomic mass is 32.2. The third kappa shape index (κ3) is 3.70. The van der Waals surface area contributed by atoms with E-state index in [1.165, 1.54) is 4.90 Å². The summed E-state index contributed by atoms with van der Waals surface area (Å²) in [5.74, 6) is -0.288. The average molecular weight is 339 g/mol. The third-order valence-electron chi connectivity index (χ3n) is 4.15. The van der Waals surface area contributed by atoms with Crippen LogP contribution in [0.5, 0.6) is 0 Å². The Labute approximate surface area is 147 Å². The molecule has 1 fully saturated rings. The Bertz CT molecular complexity index is 728. The standard InChI is InChI=1S/C20H21NO2S/c1-20(2)13-17(24-16-11-7-4-8-12-16)19(23)21(14-20)18(22)15-9-5-3-6-10-15/h3-12,17H,13-14H2,1-2H3. The van der Waals surface area contributed by atoms with Gasteiger partial charge in [-0.05, 0) is 36.1 Å². The van der Waals surface area contributed by atoms with Crippen molar-refractivity contribution in [3.63, 3.8) is 0 Å². The molecule has 2 aromatic rings. The van der Waals surface area contributed by atoms with E-state index < -0.39 is 0 Å². The molecule has 1 atom stereocenters. The molecular weight excluding hydrogens is 318 g/mol. The normalized spacial score (nSPS) is 20.0. The lowest BCUT2D eigenvalue weighted by Crippen LogP contribution is -2.52. The molecule has 0 radical (unpaired) electrons. The summed E-state index contributed by atoms with van der Waals surface area (Å²) in [7, 11) is 0. The summed E-state index contributed by atoms with van der Waals surface area (Å²) in [6.45, 7) is 4.69. The van der Waals surface area contributed by atoms with Gasteiger partial charge in [0.05, 0.1) is 5.25 Å². The van der Waals surface area contributed by atoms with E-state index in [0.717, 1.165) is 11.3 Å². The predicted molar refractivity (Wildman–Crippen MR) is 97.0 cm³/mol. The number of likely N-dealkylation sites (tertiary alicyclic amines) is 1. The van der Waals surface area contributed by atoms with Gasteiger partial charge in [0, 0.05) is 17.0 Å². The van der Waals surface area contributed by atoms with Crippen molar-refractivity contribution in [1.29, 1.82) is 0 Å². The molecule has 0 spiro atoms. The second-order valence-corrected chi connectivity index (χ2v) is 8.16. The van der Waals surface area contributed by atoms with Crippen LogP contribution in [0.2, 0.25) is 0 Å². The van der Waals surface area contributed by atoms with Gasteiger partial charge in [0.1, 0.15) is 0 Å². The first-order chi connectivity index (χ1) is 11.5. The molecule has 3 rings (SSSR count). The van der Waals surface area contributed by atoms with Gasteiger partial charge in [-0.2, -0.15) is 0 Å². The molecule has 4 heteroatoms. The summed E-state index contributed by atoms with van der Waals surface area (Å²) in [5, 5.41) is -0.233. The van der Waals surface area contributed by atoms with Crippen LogP contribution in [-0.4, -0.2) is 28.5 Å². The maximum absolute atomic E-state index is 12.9. The molecule has 2 aromatic carbocycles. The van der Waals surface area contributed by atoms with E-state index in [-0.39, 0.29) is 22.5 Å². The number of hydrogen-bond donors (Lipinski definition) is 0. The Hall–Kier alpha value is -2.07. The van der Waals surface area contributed by atoms with Crippen molar-refractivity contribution in [2.75, 3.05) is 6.54 Å². The van der Waals surface area contributed by atoms with Crippen LogP contribution in [-0.2, 0) is 4.79 Å². The number of benzene rings is 2. The fourth-order valence-electron chi connectivity index (χ4n) is 3.00. The lowest BCUT2D eigenvalue weighted by Gasteiger charge is -2.40. The quantitative estimate of drug-likeness (QED) is 0.785. The summed E-state index contributed by atoms with van der Waals surface area (Å²) < 4.78 is 0. The average Bonchev–Trinajstić information content (AvgIpc) is 2.59. The Morgan fingerprint density at radius 3 is 2.25 bits per heavy atom. The van der Waals surface area contributed by atoms with Crippen LogP contribution in [0, 0.1) is 5.41 Å². The minimum atomic E-state index is -0.233. The molecular formula is C20H21NO2S. The van der Waals surface area contributed by atoms with Gasteiger partial charge in [-0.3, -0.25) is 14.5 Å². The van der Waals surface area contributed by atoms with Crippen LogP contribution in [0.25, 0.3) is 0 Å². The van der Waals surface area contributed by atoms with Crippen LogP contribution < -0.4 is 0 Å². The first-order valence-corrected chi connectivity index (χ1v) is 8.97. The number of nitrogens with zero attached hydrogens (tertiary/aromatic N) is 1. The fourth-order valence-corrected chi connectivity index (χ4v) is 4.40. The SMILES string of the molecule is CC1(C)CC(Sc2ccccc2)C(=O)N(C(=O)c2ccccc2)C1. The minimum absolute atomic E-state index is 0.0861. The van der Waals surface area contributed by atoms with Gasteiger partial charge in [-0.1, -0.05) is 50.2 Å². The maximum Gasteiger partial charge on any atom is 0.260 e. The topological polar surface area (TPSA) is 37.4 Å². The summed E-state index contributed by atoms with van der Waals surface area (Å²) >= 11 is 1.55. The van der Waals surface area contributed by atoms with Crippen molar-refractivity contribution in [2.45, 2.75) is 30.4 Å². The number of carbonyl (C=O) groups excluding carboxylic acids is 2. The molecule has 1 aliphatic rings. The number of piperidine rings is 1. The molecule has 0 bridgehead atoms. The second kappa shape index (κ2) is 6.81. The predicted octanol–water partition coefficient (Wildman–Crippen LogP) is 4.25. The molecule has 0 aromatic heterocycles. The number of carbonyl (C=O) groups is 2. The summed E-state index contributed by atoms with van der Waals surface area (Å²) in [4.78, 5) is 28.2. The minimum Gasteiger partial charge on any atom is -0.277 e. The Kier molecular flexibility index (Phi) is 4.76. The molecule has 24 heavy (non-hydrogen) atoms. The van der Waals surface area contributed by atoms with E-state index in [4.69, 9.17) is 0 Å². The van der Waals surface area contributed by atoms with Gasteiger partial charge in [-0.25, -0.2) is 0 Å². The van der Waals surface area contributed by atoms with Crippen LogP contribution >= 0.6 is 11.8 Å². The van der Waals surface area contributed by atoms with E-state index in [0.29, 0.717) is 12.1 Å². The highest BCUT2D eigenvalue weighted by Crippen LogP contribution is 2.38. The zero-order valence-corrected chi connectivity index (χ0v) is 14.8. The maximum atomic E-state index is 12.9. The van der Waals surface area contributed by atoms with Gasteiger partial charge >= 0.3 is 0 Å². The van der Waals surface area contributed by atoms with Gasteiger partial charge in [0.15, 0.2) is 0 Å². The van der Waals surface area contributed by atoms with Crippen LogP contribution in [0.3, 0.4) is 0 Å². The monoisotopic (exact) mass is 339 g/mol. The van der Waals surface area contributed by atoms with E-state index in [1.54, 1.807) is 23.9 Å². The number of thioether (sulfide) groups is 1. The van der Waals surface area contributed by atoms with Crippen molar-refractivity contribution in [3.05, 3.63) is 66.2 Å².